The monoisotopic (exact) mass is 214 g/mol. The van der Waals surface area contributed by atoms with Gasteiger partial charge in [0.1, 0.15) is 0 Å². The molecule has 0 aliphatic carbocycles. The lowest BCUT2D eigenvalue weighted by Gasteiger charge is -2.34. The molecule has 1 atom stereocenters. The summed E-state index contributed by atoms with van der Waals surface area (Å²) in [5, 5.41) is 0. The number of nitrogens with zero attached hydrogens (tertiary/aromatic N) is 2. The van der Waals surface area contributed by atoms with Crippen LogP contribution in [0.5, 0.6) is 0 Å². The third-order valence-electron chi connectivity index (χ3n) is 3.11. The number of nitrogens with two attached hydrogens (primary N) is 2. The van der Waals surface area contributed by atoms with E-state index >= 15 is 0 Å². The zero-order chi connectivity index (χ0) is 11.5. The molecule has 15 heavy (non-hydrogen) atoms. The SMILES string of the molecule is CN1CCN(CCC(C)(N)C(N)=O)CC1. The molecule has 1 aliphatic rings. The number of likely N-dealkylation sites (N-methyl/N-ethyl adjacent to an activating group) is 1. The van der Waals surface area contributed by atoms with Crippen LogP contribution in [0.3, 0.4) is 0 Å². The first-order valence-electron chi connectivity index (χ1n) is 5.41. The van der Waals surface area contributed by atoms with Crippen LogP contribution in [0.25, 0.3) is 0 Å². The fourth-order valence-corrected chi connectivity index (χ4v) is 1.59. The lowest BCUT2D eigenvalue weighted by atomic mass is 9.98. The van der Waals surface area contributed by atoms with Gasteiger partial charge in [0.25, 0.3) is 0 Å². The van der Waals surface area contributed by atoms with Crippen LogP contribution in [0, 0.1) is 0 Å². The first-order chi connectivity index (χ1) is 6.92. The Labute approximate surface area is 91.4 Å². The molecule has 5 nitrogen and oxygen atoms in total. The third kappa shape index (κ3) is 3.77. The lowest BCUT2D eigenvalue weighted by molar-refractivity contribution is -0.122. The van der Waals surface area contributed by atoms with Gasteiger partial charge in [0.15, 0.2) is 0 Å². The first kappa shape index (κ1) is 12.4. The summed E-state index contributed by atoms with van der Waals surface area (Å²) in [6.07, 6.45) is 0.631. The van der Waals surface area contributed by atoms with Crippen molar-refractivity contribution >= 4 is 5.91 Å². The molecule has 0 bridgehead atoms. The Bertz CT molecular complexity index is 221. The standard InChI is InChI=1S/C10H22N4O/c1-10(12,9(11)15)3-4-14-7-5-13(2)6-8-14/h3-8,12H2,1-2H3,(H2,11,15). The van der Waals surface area contributed by atoms with Crippen LogP contribution in [0.15, 0.2) is 0 Å². The fraction of sp³-hybridized carbons (Fsp3) is 0.900. The molecule has 0 aromatic heterocycles. The van der Waals surface area contributed by atoms with E-state index in [2.05, 4.69) is 16.8 Å². The summed E-state index contributed by atoms with van der Waals surface area (Å²) in [4.78, 5) is 15.6. The summed E-state index contributed by atoms with van der Waals surface area (Å²) in [5.41, 5.74) is 10.1. The van der Waals surface area contributed by atoms with E-state index in [1.54, 1.807) is 6.92 Å². The zero-order valence-corrected chi connectivity index (χ0v) is 9.70. The molecule has 1 saturated heterocycles. The summed E-state index contributed by atoms with van der Waals surface area (Å²) in [6, 6.07) is 0. The van der Waals surface area contributed by atoms with Crippen molar-refractivity contribution in [1.82, 2.24) is 9.80 Å². The molecule has 88 valence electrons. The maximum atomic E-state index is 11.0. The van der Waals surface area contributed by atoms with E-state index in [9.17, 15) is 4.79 Å². The molecule has 1 rings (SSSR count). The second-order valence-electron chi connectivity index (χ2n) is 4.68. The minimum Gasteiger partial charge on any atom is -0.368 e. The van der Waals surface area contributed by atoms with E-state index in [1.165, 1.54) is 0 Å². The van der Waals surface area contributed by atoms with Gasteiger partial charge in [-0.25, -0.2) is 0 Å². The van der Waals surface area contributed by atoms with Crippen molar-refractivity contribution in [2.45, 2.75) is 18.9 Å². The van der Waals surface area contributed by atoms with Crippen LogP contribution in [0.1, 0.15) is 13.3 Å². The molecule has 1 heterocycles. The summed E-state index contributed by atoms with van der Waals surface area (Å²) in [5.74, 6) is -0.420. The average Bonchev–Trinajstić information content (AvgIpc) is 2.17. The van der Waals surface area contributed by atoms with E-state index in [0.29, 0.717) is 6.42 Å². The Morgan fingerprint density at radius 3 is 2.33 bits per heavy atom. The number of piperazine rings is 1. The van der Waals surface area contributed by atoms with E-state index in [-0.39, 0.29) is 0 Å². The number of amides is 1. The molecule has 0 aromatic carbocycles. The minimum absolute atomic E-state index is 0.420. The molecule has 1 aliphatic heterocycles. The third-order valence-corrected chi connectivity index (χ3v) is 3.11. The van der Waals surface area contributed by atoms with Gasteiger partial charge in [-0.2, -0.15) is 0 Å². The van der Waals surface area contributed by atoms with Crippen molar-refractivity contribution in [3.8, 4) is 0 Å². The topological polar surface area (TPSA) is 75.6 Å². The molecule has 0 aromatic rings. The predicted octanol–water partition coefficient (Wildman–Crippen LogP) is -1.17. The quantitative estimate of drug-likeness (QED) is 0.618. The molecule has 4 N–H and O–H groups in total. The smallest absolute Gasteiger partial charge is 0.237 e. The van der Waals surface area contributed by atoms with Gasteiger partial charge >= 0.3 is 0 Å². The fourth-order valence-electron chi connectivity index (χ4n) is 1.59. The van der Waals surface area contributed by atoms with Gasteiger partial charge in [-0.15, -0.1) is 0 Å². The zero-order valence-electron chi connectivity index (χ0n) is 9.70. The number of rotatable bonds is 4. The molecule has 0 radical (unpaired) electrons. The molecule has 1 unspecified atom stereocenters. The average molecular weight is 214 g/mol. The van der Waals surface area contributed by atoms with Crippen molar-refractivity contribution in [3.05, 3.63) is 0 Å². The Kier molecular flexibility index (Phi) is 4.07. The molecule has 1 fully saturated rings. The maximum absolute atomic E-state index is 11.0. The highest BCUT2D eigenvalue weighted by molar-refractivity contribution is 5.83. The van der Waals surface area contributed by atoms with Crippen LogP contribution >= 0.6 is 0 Å². The lowest BCUT2D eigenvalue weighted by Crippen LogP contribution is -2.52. The van der Waals surface area contributed by atoms with E-state index in [1.807, 2.05) is 0 Å². The van der Waals surface area contributed by atoms with E-state index < -0.39 is 11.4 Å². The highest BCUT2D eigenvalue weighted by Gasteiger charge is 2.26. The van der Waals surface area contributed by atoms with Gasteiger partial charge in [-0.05, 0) is 20.4 Å². The van der Waals surface area contributed by atoms with Gasteiger partial charge in [-0.3, -0.25) is 4.79 Å². The van der Waals surface area contributed by atoms with Crippen molar-refractivity contribution in [3.63, 3.8) is 0 Å². The minimum atomic E-state index is -0.872. The van der Waals surface area contributed by atoms with Gasteiger partial charge in [0, 0.05) is 32.7 Å². The second kappa shape index (κ2) is 4.92. The molecule has 1 amide bonds. The highest BCUT2D eigenvalue weighted by Crippen LogP contribution is 2.08. The van der Waals surface area contributed by atoms with Crippen LogP contribution in [0.4, 0.5) is 0 Å². The van der Waals surface area contributed by atoms with Crippen LogP contribution in [-0.4, -0.2) is 61.0 Å². The molecular formula is C10H22N4O. The van der Waals surface area contributed by atoms with E-state index in [0.717, 1.165) is 32.7 Å². The molecule has 0 saturated carbocycles. The Hall–Kier alpha value is -0.650. The number of carbonyl (C=O) groups excluding carboxylic acids is 1. The van der Waals surface area contributed by atoms with E-state index in [4.69, 9.17) is 11.5 Å². The van der Waals surface area contributed by atoms with Crippen molar-refractivity contribution in [2.24, 2.45) is 11.5 Å². The van der Waals surface area contributed by atoms with Crippen molar-refractivity contribution in [1.29, 1.82) is 0 Å². The molecule has 5 heteroatoms. The Morgan fingerprint density at radius 2 is 1.87 bits per heavy atom. The number of primary amides is 1. The molecular weight excluding hydrogens is 192 g/mol. The summed E-state index contributed by atoms with van der Waals surface area (Å²) < 4.78 is 0. The van der Waals surface area contributed by atoms with Crippen LogP contribution < -0.4 is 11.5 Å². The summed E-state index contributed by atoms with van der Waals surface area (Å²) in [6.45, 7) is 6.81. The number of hydrogen-bond acceptors (Lipinski definition) is 4. The van der Waals surface area contributed by atoms with Gasteiger partial charge in [-0.1, -0.05) is 0 Å². The second-order valence-corrected chi connectivity index (χ2v) is 4.68. The normalized spacial score (nSPS) is 23.7. The summed E-state index contributed by atoms with van der Waals surface area (Å²) >= 11 is 0. The Morgan fingerprint density at radius 1 is 1.33 bits per heavy atom. The van der Waals surface area contributed by atoms with Gasteiger partial charge < -0.3 is 21.3 Å². The largest absolute Gasteiger partial charge is 0.368 e. The van der Waals surface area contributed by atoms with Gasteiger partial charge in [0.2, 0.25) is 5.91 Å². The number of hydrogen-bond donors (Lipinski definition) is 2. The molecule has 0 spiro atoms. The first-order valence-corrected chi connectivity index (χ1v) is 5.41. The van der Waals surface area contributed by atoms with Crippen molar-refractivity contribution in [2.75, 3.05) is 39.8 Å². The number of carbonyl (C=O) groups is 1. The highest BCUT2D eigenvalue weighted by atomic mass is 16.1. The van der Waals surface area contributed by atoms with Crippen LogP contribution in [0.2, 0.25) is 0 Å². The summed E-state index contributed by atoms with van der Waals surface area (Å²) in [7, 11) is 2.12. The van der Waals surface area contributed by atoms with Gasteiger partial charge in [0.05, 0.1) is 5.54 Å². The van der Waals surface area contributed by atoms with Crippen molar-refractivity contribution < 1.29 is 4.79 Å². The predicted molar refractivity (Wildman–Crippen MR) is 60.3 cm³/mol. The Balaban J connectivity index is 2.28. The maximum Gasteiger partial charge on any atom is 0.237 e. The van der Waals surface area contributed by atoms with Crippen LogP contribution in [-0.2, 0) is 4.79 Å².